The molecule has 148 valence electrons. The second-order valence-corrected chi connectivity index (χ2v) is 6.70. The van der Waals surface area contributed by atoms with E-state index in [2.05, 4.69) is 10.3 Å². The first kappa shape index (κ1) is 20.1. The van der Waals surface area contributed by atoms with Crippen LogP contribution in [0.3, 0.4) is 0 Å². The smallest absolute Gasteiger partial charge is 0.252 e. The van der Waals surface area contributed by atoms with Gasteiger partial charge in [-0.3, -0.25) is 14.6 Å². The summed E-state index contributed by atoms with van der Waals surface area (Å²) >= 11 is 0. The molecule has 0 radical (unpaired) electrons. The zero-order valence-electron chi connectivity index (χ0n) is 16.6. The molecule has 3 aromatic rings. The number of methoxy groups -OCH3 is 1. The Bertz CT molecular complexity index is 986. The molecule has 0 fully saturated rings. The highest BCUT2D eigenvalue weighted by Crippen LogP contribution is 2.28. The summed E-state index contributed by atoms with van der Waals surface area (Å²) in [5, 5.41) is 2.85. The standard InChI is InChI=1S/C23H23N3O3/c1-26(2)23(28)21(17-7-5-4-6-8-17)25-22(27)18-11-9-16(10-12-18)19-13-14-24-15-20(19)29-3/h4-15,21H,1-3H3,(H,25,27). The highest BCUT2D eigenvalue weighted by molar-refractivity contribution is 5.98. The molecule has 1 aromatic heterocycles. The van der Waals surface area contributed by atoms with Gasteiger partial charge >= 0.3 is 0 Å². The lowest BCUT2D eigenvalue weighted by Crippen LogP contribution is -2.39. The zero-order valence-corrected chi connectivity index (χ0v) is 16.6. The number of hydrogen-bond donors (Lipinski definition) is 1. The molecule has 1 heterocycles. The van der Waals surface area contributed by atoms with Crippen LogP contribution in [-0.2, 0) is 4.79 Å². The molecule has 0 saturated heterocycles. The SMILES string of the molecule is COc1cnccc1-c1ccc(C(=O)NC(C(=O)N(C)C)c2ccccc2)cc1. The molecule has 2 aromatic carbocycles. The number of rotatable bonds is 6. The quantitative estimate of drug-likeness (QED) is 0.702. The molecule has 0 aliphatic carbocycles. The Morgan fingerprint density at radius 2 is 1.69 bits per heavy atom. The van der Waals surface area contributed by atoms with Crippen LogP contribution in [0.25, 0.3) is 11.1 Å². The van der Waals surface area contributed by atoms with Crippen molar-refractivity contribution in [3.63, 3.8) is 0 Å². The number of nitrogens with zero attached hydrogens (tertiary/aromatic N) is 2. The summed E-state index contributed by atoms with van der Waals surface area (Å²) in [6.07, 6.45) is 3.34. The topological polar surface area (TPSA) is 71.5 Å². The average Bonchev–Trinajstić information content (AvgIpc) is 2.77. The number of aromatic nitrogens is 1. The molecule has 3 rings (SSSR count). The summed E-state index contributed by atoms with van der Waals surface area (Å²) < 4.78 is 5.34. The Balaban J connectivity index is 1.83. The highest BCUT2D eigenvalue weighted by atomic mass is 16.5. The first-order chi connectivity index (χ1) is 14.0. The number of pyridine rings is 1. The van der Waals surface area contributed by atoms with Gasteiger partial charge in [0.05, 0.1) is 13.3 Å². The highest BCUT2D eigenvalue weighted by Gasteiger charge is 2.24. The van der Waals surface area contributed by atoms with Crippen LogP contribution in [0.5, 0.6) is 5.75 Å². The third-order valence-corrected chi connectivity index (χ3v) is 4.56. The third-order valence-electron chi connectivity index (χ3n) is 4.56. The minimum absolute atomic E-state index is 0.192. The van der Waals surface area contributed by atoms with Crippen molar-refractivity contribution in [3.05, 3.63) is 84.2 Å². The van der Waals surface area contributed by atoms with Gasteiger partial charge in [0.1, 0.15) is 11.8 Å². The molecule has 0 aliphatic rings. The number of amides is 2. The van der Waals surface area contributed by atoms with E-state index in [9.17, 15) is 9.59 Å². The maximum atomic E-state index is 12.8. The number of carbonyl (C=O) groups excluding carboxylic acids is 2. The van der Waals surface area contributed by atoms with Gasteiger partial charge < -0.3 is 15.0 Å². The monoisotopic (exact) mass is 389 g/mol. The Kier molecular flexibility index (Phi) is 6.24. The Morgan fingerprint density at radius 1 is 1.00 bits per heavy atom. The van der Waals surface area contributed by atoms with Gasteiger partial charge in [-0.15, -0.1) is 0 Å². The Morgan fingerprint density at radius 3 is 2.31 bits per heavy atom. The minimum atomic E-state index is -0.751. The van der Waals surface area contributed by atoms with E-state index in [4.69, 9.17) is 4.74 Å². The molecule has 2 amide bonds. The zero-order chi connectivity index (χ0) is 20.8. The summed E-state index contributed by atoms with van der Waals surface area (Å²) in [4.78, 5) is 30.9. The van der Waals surface area contributed by atoms with Crippen LogP contribution in [-0.4, -0.2) is 42.9 Å². The van der Waals surface area contributed by atoms with Gasteiger partial charge in [-0.05, 0) is 29.3 Å². The summed E-state index contributed by atoms with van der Waals surface area (Å²) in [5.41, 5.74) is 3.00. The van der Waals surface area contributed by atoms with E-state index in [0.29, 0.717) is 11.3 Å². The van der Waals surface area contributed by atoms with Gasteiger partial charge in [-0.25, -0.2) is 0 Å². The van der Waals surface area contributed by atoms with Gasteiger partial charge in [0, 0.05) is 31.4 Å². The molecular weight excluding hydrogens is 366 g/mol. The van der Waals surface area contributed by atoms with Crippen molar-refractivity contribution >= 4 is 11.8 Å². The van der Waals surface area contributed by atoms with Gasteiger partial charge in [-0.1, -0.05) is 42.5 Å². The van der Waals surface area contributed by atoms with Crippen LogP contribution in [0.1, 0.15) is 22.0 Å². The maximum Gasteiger partial charge on any atom is 0.252 e. The summed E-state index contributed by atoms with van der Waals surface area (Å²) in [6.45, 7) is 0. The third kappa shape index (κ3) is 4.60. The largest absolute Gasteiger partial charge is 0.494 e. The van der Waals surface area contributed by atoms with Crippen LogP contribution in [0.15, 0.2) is 73.1 Å². The molecule has 1 N–H and O–H groups in total. The molecule has 0 aliphatic heterocycles. The second-order valence-electron chi connectivity index (χ2n) is 6.70. The fourth-order valence-corrected chi connectivity index (χ4v) is 2.99. The predicted octanol–water partition coefficient (Wildman–Crippen LogP) is 3.32. The fraction of sp³-hybridized carbons (Fsp3) is 0.174. The van der Waals surface area contributed by atoms with Crippen molar-refractivity contribution in [2.45, 2.75) is 6.04 Å². The van der Waals surface area contributed by atoms with Gasteiger partial charge in [0.25, 0.3) is 5.91 Å². The first-order valence-electron chi connectivity index (χ1n) is 9.16. The number of ether oxygens (including phenoxy) is 1. The molecule has 1 unspecified atom stereocenters. The molecule has 1 atom stereocenters. The van der Waals surface area contributed by atoms with E-state index >= 15 is 0 Å². The van der Waals surface area contributed by atoms with E-state index in [1.165, 1.54) is 4.90 Å². The Labute approximate surface area is 170 Å². The Hall–Kier alpha value is -3.67. The number of nitrogens with one attached hydrogen (secondary N) is 1. The predicted molar refractivity (Wildman–Crippen MR) is 112 cm³/mol. The second kappa shape index (κ2) is 9.01. The molecule has 6 nitrogen and oxygen atoms in total. The lowest BCUT2D eigenvalue weighted by atomic mass is 10.0. The molecule has 0 saturated carbocycles. The van der Waals surface area contributed by atoms with E-state index < -0.39 is 6.04 Å². The summed E-state index contributed by atoms with van der Waals surface area (Å²) in [5.74, 6) is 0.149. The molecule has 29 heavy (non-hydrogen) atoms. The molecule has 0 spiro atoms. The van der Waals surface area contributed by atoms with Gasteiger partial charge in [-0.2, -0.15) is 0 Å². The number of carbonyl (C=O) groups is 2. The van der Waals surface area contributed by atoms with Crippen molar-refractivity contribution < 1.29 is 14.3 Å². The van der Waals surface area contributed by atoms with E-state index in [0.717, 1.165) is 16.7 Å². The molecule has 6 heteroatoms. The van der Waals surface area contributed by atoms with Crippen molar-refractivity contribution in [1.29, 1.82) is 0 Å². The van der Waals surface area contributed by atoms with Crippen LogP contribution < -0.4 is 10.1 Å². The van der Waals surface area contributed by atoms with Crippen LogP contribution in [0, 0.1) is 0 Å². The van der Waals surface area contributed by atoms with Crippen molar-refractivity contribution in [2.24, 2.45) is 0 Å². The van der Waals surface area contributed by atoms with Gasteiger partial charge in [0.15, 0.2) is 0 Å². The number of benzene rings is 2. The lowest BCUT2D eigenvalue weighted by Gasteiger charge is -2.22. The number of hydrogen-bond acceptors (Lipinski definition) is 4. The minimum Gasteiger partial charge on any atom is -0.494 e. The normalized spacial score (nSPS) is 11.4. The van der Waals surface area contributed by atoms with E-state index in [-0.39, 0.29) is 11.8 Å². The van der Waals surface area contributed by atoms with Crippen LogP contribution in [0.4, 0.5) is 0 Å². The van der Waals surface area contributed by atoms with Gasteiger partial charge in [0.2, 0.25) is 5.91 Å². The summed E-state index contributed by atoms with van der Waals surface area (Å²) in [7, 11) is 4.93. The molecular formula is C23H23N3O3. The fourth-order valence-electron chi connectivity index (χ4n) is 2.99. The summed E-state index contributed by atoms with van der Waals surface area (Å²) in [6, 6.07) is 17.5. The number of likely N-dealkylation sites (N-methyl/N-ethyl adjacent to an activating group) is 1. The molecule has 0 bridgehead atoms. The van der Waals surface area contributed by atoms with Crippen LogP contribution >= 0.6 is 0 Å². The van der Waals surface area contributed by atoms with Crippen LogP contribution in [0.2, 0.25) is 0 Å². The van der Waals surface area contributed by atoms with E-state index in [1.807, 2.05) is 48.5 Å². The average molecular weight is 389 g/mol. The van der Waals surface area contributed by atoms with E-state index in [1.54, 1.807) is 45.7 Å². The van der Waals surface area contributed by atoms with Crippen molar-refractivity contribution in [3.8, 4) is 16.9 Å². The van der Waals surface area contributed by atoms with Crippen molar-refractivity contribution in [1.82, 2.24) is 15.2 Å². The maximum absolute atomic E-state index is 12.8. The lowest BCUT2D eigenvalue weighted by molar-refractivity contribution is -0.130. The van der Waals surface area contributed by atoms with Crippen molar-refractivity contribution in [2.75, 3.05) is 21.2 Å². The first-order valence-corrected chi connectivity index (χ1v) is 9.16.